The third-order valence-electron chi connectivity index (χ3n) is 3.40. The predicted octanol–water partition coefficient (Wildman–Crippen LogP) is 0.556. The average Bonchev–Trinajstić information content (AvgIpc) is 2.39. The highest BCUT2D eigenvalue weighted by Crippen LogP contribution is 2.19. The highest BCUT2D eigenvalue weighted by Gasteiger charge is 2.26. The number of pyridine rings is 1. The molecule has 1 amide bonds. The van der Waals surface area contributed by atoms with Gasteiger partial charge in [0.2, 0.25) is 5.91 Å². The van der Waals surface area contributed by atoms with Gasteiger partial charge >= 0.3 is 0 Å². The van der Waals surface area contributed by atoms with Gasteiger partial charge in [0.25, 0.3) is 0 Å². The summed E-state index contributed by atoms with van der Waals surface area (Å²) in [7, 11) is 0. The first-order chi connectivity index (χ1) is 9.08. The van der Waals surface area contributed by atoms with Crippen molar-refractivity contribution in [3.05, 3.63) is 29.6 Å². The van der Waals surface area contributed by atoms with Gasteiger partial charge in [-0.05, 0) is 37.1 Å². The van der Waals surface area contributed by atoms with Gasteiger partial charge in [0.1, 0.15) is 4.99 Å². The van der Waals surface area contributed by atoms with Crippen molar-refractivity contribution in [1.29, 1.82) is 0 Å². The molecule has 0 spiro atoms. The first-order valence-electron chi connectivity index (χ1n) is 6.36. The number of thiocarbonyl (C=S) groups is 1. The number of carbonyl (C=O) groups excluding carboxylic acids is 1. The minimum Gasteiger partial charge on any atom is -0.388 e. The zero-order valence-electron chi connectivity index (χ0n) is 10.7. The summed E-state index contributed by atoms with van der Waals surface area (Å²) in [5, 5.41) is 0. The largest absolute Gasteiger partial charge is 0.388 e. The fraction of sp³-hybridized carbons (Fsp3) is 0.462. The van der Waals surface area contributed by atoms with Gasteiger partial charge in [-0.25, -0.2) is 0 Å². The average molecular weight is 278 g/mol. The number of nitrogens with zero attached hydrogens (tertiary/aromatic N) is 2. The van der Waals surface area contributed by atoms with Gasteiger partial charge < -0.3 is 11.5 Å². The van der Waals surface area contributed by atoms with Crippen LogP contribution in [0, 0.1) is 0 Å². The van der Waals surface area contributed by atoms with Crippen molar-refractivity contribution in [1.82, 2.24) is 9.88 Å². The first kappa shape index (κ1) is 13.9. The molecule has 19 heavy (non-hydrogen) atoms. The molecule has 6 heteroatoms. The van der Waals surface area contributed by atoms with Crippen LogP contribution in [0.1, 0.15) is 30.5 Å². The number of amides is 1. The van der Waals surface area contributed by atoms with Crippen molar-refractivity contribution < 1.29 is 4.79 Å². The van der Waals surface area contributed by atoms with Gasteiger partial charge in [-0.3, -0.25) is 14.7 Å². The van der Waals surface area contributed by atoms with Gasteiger partial charge in [0.15, 0.2) is 0 Å². The Labute approximate surface area is 118 Å². The number of rotatable bonds is 4. The molecule has 1 unspecified atom stereocenters. The third kappa shape index (κ3) is 3.48. The van der Waals surface area contributed by atoms with Gasteiger partial charge in [-0.1, -0.05) is 18.6 Å². The molecule has 102 valence electrons. The SMILES string of the molecule is NC(=O)C1CCCCN1Cc1ccnc(C(N)=S)c1. The van der Waals surface area contributed by atoms with Crippen LogP contribution in [-0.4, -0.2) is 33.4 Å². The van der Waals surface area contributed by atoms with E-state index in [1.54, 1.807) is 6.20 Å². The Morgan fingerprint density at radius 3 is 2.95 bits per heavy atom. The van der Waals surface area contributed by atoms with Crippen LogP contribution >= 0.6 is 12.2 Å². The number of piperidine rings is 1. The lowest BCUT2D eigenvalue weighted by molar-refractivity contribution is -0.124. The van der Waals surface area contributed by atoms with Gasteiger partial charge in [0.05, 0.1) is 11.7 Å². The normalized spacial score (nSPS) is 20.1. The topological polar surface area (TPSA) is 85.2 Å². The molecular formula is C13H18N4OS. The van der Waals surface area contributed by atoms with Crippen molar-refractivity contribution in [2.45, 2.75) is 31.8 Å². The lowest BCUT2D eigenvalue weighted by Crippen LogP contribution is -2.47. The van der Waals surface area contributed by atoms with Crippen molar-refractivity contribution in [3.63, 3.8) is 0 Å². The first-order valence-corrected chi connectivity index (χ1v) is 6.77. The van der Waals surface area contributed by atoms with Gasteiger partial charge in [-0.15, -0.1) is 0 Å². The molecule has 4 N–H and O–H groups in total. The predicted molar refractivity (Wildman–Crippen MR) is 77.4 cm³/mol. The number of hydrogen-bond donors (Lipinski definition) is 2. The molecule has 0 aromatic carbocycles. The van der Waals surface area contributed by atoms with Crippen LogP contribution in [0.15, 0.2) is 18.3 Å². The second-order valence-corrected chi connectivity index (χ2v) is 5.24. The second kappa shape index (κ2) is 6.08. The smallest absolute Gasteiger partial charge is 0.234 e. The minimum absolute atomic E-state index is 0.171. The van der Waals surface area contributed by atoms with E-state index in [2.05, 4.69) is 9.88 Å². The summed E-state index contributed by atoms with van der Waals surface area (Å²) in [5.74, 6) is -0.247. The Balaban J connectivity index is 2.12. The Bertz CT molecular complexity index is 491. The van der Waals surface area contributed by atoms with E-state index < -0.39 is 0 Å². The zero-order valence-corrected chi connectivity index (χ0v) is 11.5. The fourth-order valence-corrected chi connectivity index (χ4v) is 2.56. The standard InChI is InChI=1S/C13H18N4OS/c14-12(18)11-3-1-2-6-17(11)8-9-4-5-16-10(7-9)13(15)19/h4-5,7,11H,1-3,6,8H2,(H2,14,18)(H2,15,19). The Kier molecular flexibility index (Phi) is 4.44. The van der Waals surface area contributed by atoms with Crippen molar-refractivity contribution >= 4 is 23.1 Å². The Hall–Kier alpha value is -1.53. The number of nitrogens with two attached hydrogens (primary N) is 2. The summed E-state index contributed by atoms with van der Waals surface area (Å²) in [5.41, 5.74) is 12.7. The summed E-state index contributed by atoms with van der Waals surface area (Å²) in [6, 6.07) is 3.61. The monoisotopic (exact) mass is 278 g/mol. The van der Waals surface area contributed by atoms with E-state index in [9.17, 15) is 4.79 Å². The lowest BCUT2D eigenvalue weighted by atomic mass is 10.0. The lowest BCUT2D eigenvalue weighted by Gasteiger charge is -2.33. The van der Waals surface area contributed by atoms with E-state index in [-0.39, 0.29) is 16.9 Å². The maximum absolute atomic E-state index is 11.5. The quantitative estimate of drug-likeness (QED) is 0.786. The molecule has 0 radical (unpaired) electrons. The van der Waals surface area contributed by atoms with Gasteiger partial charge in [0, 0.05) is 12.7 Å². The molecule has 2 heterocycles. The summed E-state index contributed by atoms with van der Waals surface area (Å²) >= 11 is 4.92. The summed E-state index contributed by atoms with van der Waals surface area (Å²) in [6.45, 7) is 1.56. The third-order valence-corrected chi connectivity index (χ3v) is 3.61. The molecule has 2 rings (SSSR count). The van der Waals surface area contributed by atoms with Crippen LogP contribution < -0.4 is 11.5 Å². The van der Waals surface area contributed by atoms with E-state index in [1.165, 1.54) is 0 Å². The number of aromatic nitrogens is 1. The van der Waals surface area contributed by atoms with Crippen LogP contribution in [0.5, 0.6) is 0 Å². The molecule has 5 nitrogen and oxygen atoms in total. The van der Waals surface area contributed by atoms with Crippen LogP contribution in [0.25, 0.3) is 0 Å². The summed E-state index contributed by atoms with van der Waals surface area (Å²) in [6.07, 6.45) is 4.67. The molecule has 0 bridgehead atoms. The molecule has 1 aliphatic heterocycles. The molecule has 1 fully saturated rings. The number of carbonyl (C=O) groups is 1. The van der Waals surface area contributed by atoms with Crippen LogP contribution in [0.3, 0.4) is 0 Å². The second-order valence-electron chi connectivity index (χ2n) is 4.80. The number of likely N-dealkylation sites (tertiary alicyclic amines) is 1. The van der Waals surface area contributed by atoms with E-state index in [4.69, 9.17) is 23.7 Å². The Morgan fingerprint density at radius 2 is 2.26 bits per heavy atom. The minimum atomic E-state index is -0.247. The Morgan fingerprint density at radius 1 is 1.47 bits per heavy atom. The summed E-state index contributed by atoms with van der Waals surface area (Å²) in [4.78, 5) is 18.0. The van der Waals surface area contributed by atoms with Crippen molar-refractivity contribution in [2.24, 2.45) is 11.5 Å². The molecule has 0 aliphatic carbocycles. The fourth-order valence-electron chi connectivity index (χ4n) is 2.44. The van der Waals surface area contributed by atoms with Crippen LogP contribution in [0.2, 0.25) is 0 Å². The molecule has 0 saturated carbocycles. The van der Waals surface area contributed by atoms with E-state index in [0.717, 1.165) is 31.4 Å². The van der Waals surface area contributed by atoms with Crippen LogP contribution in [0.4, 0.5) is 0 Å². The highest BCUT2D eigenvalue weighted by molar-refractivity contribution is 7.80. The van der Waals surface area contributed by atoms with E-state index >= 15 is 0 Å². The van der Waals surface area contributed by atoms with Gasteiger partial charge in [-0.2, -0.15) is 0 Å². The molecule has 1 atom stereocenters. The number of primary amides is 1. The van der Waals surface area contributed by atoms with E-state index in [1.807, 2.05) is 12.1 Å². The van der Waals surface area contributed by atoms with E-state index in [0.29, 0.717) is 12.2 Å². The highest BCUT2D eigenvalue weighted by atomic mass is 32.1. The van der Waals surface area contributed by atoms with Crippen molar-refractivity contribution in [2.75, 3.05) is 6.54 Å². The van der Waals surface area contributed by atoms with Crippen LogP contribution in [-0.2, 0) is 11.3 Å². The number of hydrogen-bond acceptors (Lipinski definition) is 4. The molecular weight excluding hydrogens is 260 g/mol. The summed E-state index contributed by atoms with van der Waals surface area (Å²) < 4.78 is 0. The molecule has 1 aromatic heterocycles. The van der Waals surface area contributed by atoms with Crippen molar-refractivity contribution in [3.8, 4) is 0 Å². The molecule has 1 aliphatic rings. The molecule has 1 saturated heterocycles. The molecule has 1 aromatic rings. The zero-order chi connectivity index (χ0) is 13.8. The maximum Gasteiger partial charge on any atom is 0.234 e. The maximum atomic E-state index is 11.5.